The van der Waals surface area contributed by atoms with Crippen LogP contribution in [0.4, 0.5) is 11.6 Å². The molecular formula is C28H31N7O3. The minimum absolute atomic E-state index is 0.0574. The van der Waals surface area contributed by atoms with Crippen LogP contribution in [0.25, 0.3) is 16.8 Å². The fourth-order valence-electron chi connectivity index (χ4n) is 5.02. The number of hydrogen-bond donors (Lipinski definition) is 2. The number of piperidine rings is 1. The lowest BCUT2D eigenvalue weighted by Gasteiger charge is -2.32. The number of nitrogen functional groups attached to an aromatic ring is 1. The molecule has 3 N–H and O–H groups in total. The van der Waals surface area contributed by atoms with Gasteiger partial charge in [-0.05, 0) is 49.6 Å². The molecular weight excluding hydrogens is 482 g/mol. The summed E-state index contributed by atoms with van der Waals surface area (Å²) in [7, 11) is 1.60. The molecule has 0 saturated carbocycles. The van der Waals surface area contributed by atoms with Gasteiger partial charge in [0.1, 0.15) is 28.7 Å². The molecule has 1 fully saturated rings. The molecule has 0 aliphatic carbocycles. The van der Waals surface area contributed by atoms with Crippen molar-refractivity contribution in [3.63, 3.8) is 0 Å². The number of fused-ring (bicyclic) bond motifs is 1. The average molecular weight is 514 g/mol. The number of aryl methyl sites for hydroxylation is 1. The van der Waals surface area contributed by atoms with Gasteiger partial charge in [0.2, 0.25) is 5.91 Å². The lowest BCUT2D eigenvalue weighted by molar-refractivity contribution is -0.133. The number of hydrogen-bond acceptors (Lipinski definition) is 7. The van der Waals surface area contributed by atoms with Crippen LogP contribution in [-0.4, -0.2) is 62.9 Å². The molecule has 3 aromatic heterocycles. The first-order chi connectivity index (χ1) is 18.5. The number of methoxy groups -OCH3 is 1. The Bertz CT molecular complexity index is 1470. The Balaban J connectivity index is 1.47. The van der Waals surface area contributed by atoms with Gasteiger partial charge in [0.05, 0.1) is 13.0 Å². The fourth-order valence-corrected chi connectivity index (χ4v) is 5.02. The molecule has 1 aromatic carbocycles. The summed E-state index contributed by atoms with van der Waals surface area (Å²) in [5.41, 5.74) is 10.1. The van der Waals surface area contributed by atoms with E-state index >= 15 is 0 Å². The molecule has 5 rings (SSSR count). The summed E-state index contributed by atoms with van der Waals surface area (Å²) >= 11 is 0. The molecule has 196 valence electrons. The maximum atomic E-state index is 12.8. The molecule has 10 nitrogen and oxygen atoms in total. The second-order valence-electron chi connectivity index (χ2n) is 9.47. The van der Waals surface area contributed by atoms with E-state index in [-0.39, 0.29) is 17.7 Å². The number of pyridine rings is 1. The van der Waals surface area contributed by atoms with Crippen LogP contribution in [0.2, 0.25) is 0 Å². The number of carbonyl (C=O) groups is 2. The minimum Gasteiger partial charge on any atom is -0.384 e. The van der Waals surface area contributed by atoms with Gasteiger partial charge in [-0.15, -0.1) is 0 Å². The Morgan fingerprint density at radius 2 is 2.05 bits per heavy atom. The van der Waals surface area contributed by atoms with Crippen molar-refractivity contribution in [1.82, 2.24) is 24.3 Å². The van der Waals surface area contributed by atoms with Gasteiger partial charge in [-0.2, -0.15) is 0 Å². The number of amides is 2. The molecule has 4 aromatic rings. The van der Waals surface area contributed by atoms with Crippen molar-refractivity contribution >= 4 is 29.0 Å². The first-order valence-electron chi connectivity index (χ1n) is 12.7. The third-order valence-electron chi connectivity index (χ3n) is 6.92. The summed E-state index contributed by atoms with van der Waals surface area (Å²) in [6.45, 7) is 3.68. The Morgan fingerprint density at radius 1 is 1.18 bits per heavy atom. The second-order valence-corrected chi connectivity index (χ2v) is 9.47. The van der Waals surface area contributed by atoms with Crippen molar-refractivity contribution in [2.45, 2.75) is 32.1 Å². The molecule has 4 heterocycles. The number of rotatable bonds is 7. The highest BCUT2D eigenvalue weighted by Gasteiger charge is 2.29. The van der Waals surface area contributed by atoms with E-state index in [2.05, 4.69) is 15.3 Å². The monoisotopic (exact) mass is 513 g/mol. The second kappa shape index (κ2) is 11.0. The highest BCUT2D eigenvalue weighted by Crippen LogP contribution is 2.35. The van der Waals surface area contributed by atoms with Crippen molar-refractivity contribution in [3.8, 4) is 11.3 Å². The van der Waals surface area contributed by atoms with Gasteiger partial charge in [0.15, 0.2) is 0 Å². The van der Waals surface area contributed by atoms with Gasteiger partial charge in [0, 0.05) is 55.8 Å². The predicted octanol–water partition coefficient (Wildman–Crippen LogP) is 3.68. The third kappa shape index (κ3) is 5.08. The average Bonchev–Trinajstić information content (AvgIpc) is 3.33. The zero-order valence-electron chi connectivity index (χ0n) is 21.6. The molecule has 2 amide bonds. The number of aromatic nitrogens is 4. The number of ether oxygens (including phenoxy) is 1. The van der Waals surface area contributed by atoms with Crippen molar-refractivity contribution in [1.29, 1.82) is 0 Å². The Labute approximate surface area is 220 Å². The SMILES string of the molecule is COCCC(=O)N1CCCC(c2nc(-c3ccc(C(=O)Nc4ccccn4)cc3C)c3c(N)nccn23)C1. The number of likely N-dealkylation sites (tertiary alicyclic amines) is 1. The summed E-state index contributed by atoms with van der Waals surface area (Å²) in [6, 6.07) is 10.9. The summed E-state index contributed by atoms with van der Waals surface area (Å²) in [5, 5.41) is 2.82. The van der Waals surface area contributed by atoms with Gasteiger partial charge in [0.25, 0.3) is 5.91 Å². The summed E-state index contributed by atoms with van der Waals surface area (Å²) < 4.78 is 7.08. The summed E-state index contributed by atoms with van der Waals surface area (Å²) in [4.78, 5) is 40.9. The third-order valence-corrected chi connectivity index (χ3v) is 6.92. The Kier molecular flexibility index (Phi) is 7.32. The van der Waals surface area contributed by atoms with E-state index in [1.807, 2.05) is 40.6 Å². The van der Waals surface area contributed by atoms with Gasteiger partial charge >= 0.3 is 0 Å². The van der Waals surface area contributed by atoms with E-state index in [0.717, 1.165) is 41.9 Å². The number of nitrogens with two attached hydrogens (primary N) is 1. The van der Waals surface area contributed by atoms with E-state index in [1.54, 1.807) is 37.7 Å². The lowest BCUT2D eigenvalue weighted by Crippen LogP contribution is -2.39. The predicted molar refractivity (Wildman–Crippen MR) is 145 cm³/mol. The molecule has 1 atom stereocenters. The van der Waals surface area contributed by atoms with Crippen LogP contribution in [-0.2, 0) is 9.53 Å². The van der Waals surface area contributed by atoms with Crippen molar-refractivity contribution < 1.29 is 14.3 Å². The van der Waals surface area contributed by atoms with E-state index in [9.17, 15) is 9.59 Å². The molecule has 0 radical (unpaired) electrons. The topological polar surface area (TPSA) is 128 Å². The van der Waals surface area contributed by atoms with Gasteiger partial charge in [-0.1, -0.05) is 12.1 Å². The minimum atomic E-state index is -0.240. The van der Waals surface area contributed by atoms with Crippen LogP contribution in [0.15, 0.2) is 55.0 Å². The normalized spacial score (nSPS) is 15.5. The quantitative estimate of drug-likeness (QED) is 0.386. The molecule has 1 saturated heterocycles. The van der Waals surface area contributed by atoms with E-state index in [1.165, 1.54) is 0 Å². The Morgan fingerprint density at radius 3 is 2.82 bits per heavy atom. The number of benzene rings is 1. The van der Waals surface area contributed by atoms with Crippen molar-refractivity contribution in [3.05, 3.63) is 71.9 Å². The highest BCUT2D eigenvalue weighted by atomic mass is 16.5. The largest absolute Gasteiger partial charge is 0.384 e. The van der Waals surface area contributed by atoms with E-state index in [0.29, 0.717) is 42.5 Å². The molecule has 10 heteroatoms. The molecule has 0 bridgehead atoms. The molecule has 0 spiro atoms. The standard InChI is InChI=1S/C28H31N7O3/c1-18-16-19(28(37)32-22-7-3-4-11-30-22)8-9-21(18)24-25-26(29)31-12-14-35(25)27(33-24)20-6-5-13-34(17-20)23(36)10-15-38-2/h3-4,7-9,11-12,14,16,20H,5-6,10,13,15,17H2,1-2H3,(H2,29,31)(H,30,32,37). The van der Waals surface area contributed by atoms with E-state index < -0.39 is 0 Å². The van der Waals surface area contributed by atoms with Crippen LogP contribution in [0.1, 0.15) is 46.9 Å². The number of nitrogens with one attached hydrogen (secondary N) is 1. The van der Waals surface area contributed by atoms with Crippen LogP contribution >= 0.6 is 0 Å². The number of carbonyl (C=O) groups excluding carboxylic acids is 2. The number of imidazole rings is 1. The van der Waals surface area contributed by atoms with Crippen LogP contribution < -0.4 is 11.1 Å². The zero-order valence-corrected chi connectivity index (χ0v) is 21.6. The van der Waals surface area contributed by atoms with Gasteiger partial charge in [-0.3, -0.25) is 14.0 Å². The molecule has 1 unspecified atom stereocenters. The fraction of sp³-hybridized carbons (Fsp3) is 0.321. The van der Waals surface area contributed by atoms with Crippen molar-refractivity contribution in [2.75, 3.05) is 37.9 Å². The van der Waals surface area contributed by atoms with Crippen molar-refractivity contribution in [2.24, 2.45) is 0 Å². The maximum Gasteiger partial charge on any atom is 0.256 e. The molecule has 1 aliphatic heterocycles. The van der Waals surface area contributed by atoms with Crippen LogP contribution in [0.3, 0.4) is 0 Å². The smallest absolute Gasteiger partial charge is 0.256 e. The first kappa shape index (κ1) is 25.3. The first-order valence-corrected chi connectivity index (χ1v) is 12.7. The van der Waals surface area contributed by atoms with Crippen LogP contribution in [0.5, 0.6) is 0 Å². The molecule has 1 aliphatic rings. The zero-order chi connectivity index (χ0) is 26.6. The lowest BCUT2D eigenvalue weighted by atomic mass is 9.97. The maximum absolute atomic E-state index is 12.8. The van der Waals surface area contributed by atoms with Gasteiger partial charge < -0.3 is 20.7 Å². The molecule has 38 heavy (non-hydrogen) atoms. The van der Waals surface area contributed by atoms with Crippen LogP contribution in [0, 0.1) is 6.92 Å². The summed E-state index contributed by atoms with van der Waals surface area (Å²) in [5.74, 6) is 1.63. The Hall–Kier alpha value is -4.31. The summed E-state index contributed by atoms with van der Waals surface area (Å²) in [6.07, 6.45) is 7.35. The van der Waals surface area contributed by atoms with E-state index in [4.69, 9.17) is 15.5 Å². The van der Waals surface area contributed by atoms with Gasteiger partial charge in [-0.25, -0.2) is 15.0 Å². The number of nitrogens with zero attached hydrogens (tertiary/aromatic N) is 5. The highest BCUT2D eigenvalue weighted by molar-refractivity contribution is 6.04. The number of anilines is 2.